The minimum Gasteiger partial charge on any atom is -0.303 e. The lowest BCUT2D eigenvalue weighted by Crippen LogP contribution is -1.99. The third-order valence-electron chi connectivity index (χ3n) is 3.16. The average molecular weight is 257 g/mol. The molecule has 0 aromatic heterocycles. The van der Waals surface area contributed by atoms with Crippen LogP contribution in [0, 0.1) is 10.1 Å². The zero-order valence-corrected chi connectivity index (χ0v) is 11.4. The van der Waals surface area contributed by atoms with E-state index in [1.54, 1.807) is 0 Å². The van der Waals surface area contributed by atoms with Crippen LogP contribution in [0.25, 0.3) is 0 Å². The van der Waals surface area contributed by atoms with Crippen LogP contribution in [0.15, 0.2) is 0 Å². The summed E-state index contributed by atoms with van der Waals surface area (Å²) in [7, 11) is 0. The topological polar surface area (TPSA) is 60.2 Å². The van der Waals surface area contributed by atoms with Crippen LogP contribution in [0.4, 0.5) is 0 Å². The summed E-state index contributed by atoms with van der Waals surface area (Å²) >= 11 is 0. The lowest BCUT2D eigenvalue weighted by molar-refractivity contribution is -0.480. The van der Waals surface area contributed by atoms with Crippen LogP contribution in [0.5, 0.6) is 0 Å². The summed E-state index contributed by atoms with van der Waals surface area (Å²) in [5.74, 6) is 0. The first-order chi connectivity index (χ1) is 8.77. The predicted molar refractivity (Wildman–Crippen MR) is 73.3 cm³/mol. The van der Waals surface area contributed by atoms with Crippen molar-refractivity contribution < 1.29 is 9.72 Å². The molecular formula is C14H27NO3. The molecule has 0 aliphatic rings. The summed E-state index contributed by atoms with van der Waals surface area (Å²) in [6.45, 7) is 0.126. The van der Waals surface area contributed by atoms with Crippen molar-refractivity contribution in [3.8, 4) is 0 Å². The van der Waals surface area contributed by atoms with Gasteiger partial charge in [0, 0.05) is 17.8 Å². The predicted octanol–water partition coefficient (Wildman–Crippen LogP) is 4.14. The molecule has 0 N–H and O–H groups in total. The molecular weight excluding hydrogens is 230 g/mol. The number of aldehydes is 1. The lowest BCUT2D eigenvalue weighted by Gasteiger charge is -2.01. The summed E-state index contributed by atoms with van der Waals surface area (Å²) in [5, 5.41) is 10.1. The highest BCUT2D eigenvalue weighted by atomic mass is 16.6. The summed E-state index contributed by atoms with van der Waals surface area (Å²) in [4.78, 5) is 19.9. The third-order valence-corrected chi connectivity index (χ3v) is 3.16. The van der Waals surface area contributed by atoms with Gasteiger partial charge in [-0.2, -0.15) is 0 Å². The second-order valence-corrected chi connectivity index (χ2v) is 4.90. The largest absolute Gasteiger partial charge is 0.303 e. The Labute approximate surface area is 110 Å². The minimum atomic E-state index is -0.232. The number of rotatable bonds is 14. The molecule has 0 aromatic carbocycles. The molecule has 0 radical (unpaired) electrons. The van der Waals surface area contributed by atoms with Gasteiger partial charge < -0.3 is 4.79 Å². The molecule has 0 spiro atoms. The van der Waals surface area contributed by atoms with E-state index in [0.717, 1.165) is 32.0 Å². The van der Waals surface area contributed by atoms with Gasteiger partial charge in [-0.15, -0.1) is 0 Å². The highest BCUT2D eigenvalue weighted by molar-refractivity contribution is 5.48. The number of hydrogen-bond acceptors (Lipinski definition) is 3. The first-order valence-electron chi connectivity index (χ1n) is 7.33. The van der Waals surface area contributed by atoms with E-state index in [4.69, 9.17) is 0 Å². The molecule has 4 nitrogen and oxygen atoms in total. The molecule has 18 heavy (non-hydrogen) atoms. The van der Waals surface area contributed by atoms with Crippen LogP contribution in [0.1, 0.15) is 77.0 Å². The zero-order chi connectivity index (χ0) is 13.5. The summed E-state index contributed by atoms with van der Waals surface area (Å²) < 4.78 is 0. The zero-order valence-electron chi connectivity index (χ0n) is 11.4. The van der Waals surface area contributed by atoms with E-state index < -0.39 is 0 Å². The monoisotopic (exact) mass is 257 g/mol. The molecule has 0 amide bonds. The molecule has 0 aliphatic carbocycles. The standard InChI is InChI=1S/C14H27NO3/c16-14-12-10-8-6-4-2-1-3-5-7-9-11-13-15(17)18/h14H,1-13H2. The molecule has 0 fully saturated rings. The van der Waals surface area contributed by atoms with Gasteiger partial charge in [-0.3, -0.25) is 10.1 Å². The SMILES string of the molecule is O=CCCCCCCCCCCCCC[N+](=O)[O-]. The van der Waals surface area contributed by atoms with E-state index in [1.807, 2.05) is 0 Å². The molecule has 0 bridgehead atoms. The summed E-state index contributed by atoms with van der Waals surface area (Å²) in [5.41, 5.74) is 0. The van der Waals surface area contributed by atoms with Crippen LogP contribution < -0.4 is 0 Å². The van der Waals surface area contributed by atoms with Crippen molar-refractivity contribution in [3.05, 3.63) is 10.1 Å². The van der Waals surface area contributed by atoms with Crippen molar-refractivity contribution in [1.82, 2.24) is 0 Å². The van der Waals surface area contributed by atoms with Gasteiger partial charge in [-0.05, 0) is 12.8 Å². The van der Waals surface area contributed by atoms with Gasteiger partial charge in [0.25, 0.3) is 0 Å². The Morgan fingerprint density at radius 1 is 0.722 bits per heavy atom. The van der Waals surface area contributed by atoms with Crippen molar-refractivity contribution in [2.75, 3.05) is 6.54 Å². The van der Waals surface area contributed by atoms with Gasteiger partial charge in [0.2, 0.25) is 6.54 Å². The van der Waals surface area contributed by atoms with Crippen molar-refractivity contribution in [2.24, 2.45) is 0 Å². The molecule has 0 saturated heterocycles. The number of nitrogens with zero attached hydrogens (tertiary/aromatic N) is 1. The van der Waals surface area contributed by atoms with Gasteiger partial charge >= 0.3 is 0 Å². The van der Waals surface area contributed by atoms with Crippen molar-refractivity contribution >= 4 is 6.29 Å². The molecule has 0 aromatic rings. The smallest absolute Gasteiger partial charge is 0.203 e. The second kappa shape index (κ2) is 14.1. The van der Waals surface area contributed by atoms with Gasteiger partial charge in [-0.1, -0.05) is 51.4 Å². The van der Waals surface area contributed by atoms with Crippen molar-refractivity contribution in [2.45, 2.75) is 77.0 Å². The fourth-order valence-corrected chi connectivity index (χ4v) is 2.06. The van der Waals surface area contributed by atoms with Crippen LogP contribution in [-0.4, -0.2) is 17.8 Å². The molecule has 4 heteroatoms. The number of carbonyl (C=O) groups excluding carboxylic acids is 1. The number of nitro groups is 1. The molecule has 0 unspecified atom stereocenters. The maximum atomic E-state index is 10.1. The quantitative estimate of drug-likeness (QED) is 0.203. The van der Waals surface area contributed by atoms with Crippen LogP contribution in [0.2, 0.25) is 0 Å². The van der Waals surface area contributed by atoms with Crippen molar-refractivity contribution in [3.63, 3.8) is 0 Å². The van der Waals surface area contributed by atoms with E-state index in [2.05, 4.69) is 0 Å². The fourth-order valence-electron chi connectivity index (χ4n) is 2.06. The molecule has 0 aliphatic heterocycles. The Bertz CT molecular complexity index is 207. The van der Waals surface area contributed by atoms with E-state index in [0.29, 0.717) is 6.42 Å². The van der Waals surface area contributed by atoms with E-state index in [-0.39, 0.29) is 11.5 Å². The second-order valence-electron chi connectivity index (χ2n) is 4.90. The fraction of sp³-hybridized carbons (Fsp3) is 0.929. The Hall–Kier alpha value is -0.930. The van der Waals surface area contributed by atoms with Crippen molar-refractivity contribution in [1.29, 1.82) is 0 Å². The Kier molecular flexibility index (Phi) is 13.4. The molecule has 0 rings (SSSR count). The maximum Gasteiger partial charge on any atom is 0.203 e. The highest BCUT2D eigenvalue weighted by Gasteiger charge is 1.97. The van der Waals surface area contributed by atoms with Gasteiger partial charge in [0.05, 0.1) is 0 Å². The minimum absolute atomic E-state index is 0.126. The Balaban J connectivity index is 2.94. The van der Waals surface area contributed by atoms with E-state index in [1.165, 1.54) is 44.9 Å². The highest BCUT2D eigenvalue weighted by Crippen LogP contribution is 2.11. The molecule has 106 valence electrons. The maximum absolute atomic E-state index is 10.1. The number of unbranched alkanes of at least 4 members (excludes halogenated alkanes) is 11. The molecule has 0 saturated carbocycles. The van der Waals surface area contributed by atoms with Gasteiger partial charge in [0.1, 0.15) is 6.29 Å². The molecule has 0 heterocycles. The Morgan fingerprint density at radius 2 is 1.11 bits per heavy atom. The van der Waals surface area contributed by atoms with Gasteiger partial charge in [-0.25, -0.2) is 0 Å². The first kappa shape index (κ1) is 17.1. The average Bonchev–Trinajstić information content (AvgIpc) is 2.34. The number of carbonyl (C=O) groups is 1. The molecule has 0 atom stereocenters. The summed E-state index contributed by atoms with van der Waals surface area (Å²) in [6.07, 6.45) is 14.3. The van der Waals surface area contributed by atoms with Gasteiger partial charge in [0.15, 0.2) is 0 Å². The third kappa shape index (κ3) is 15.1. The normalized spacial score (nSPS) is 10.4. The lowest BCUT2D eigenvalue weighted by atomic mass is 10.1. The number of hydrogen-bond donors (Lipinski definition) is 0. The van der Waals surface area contributed by atoms with E-state index >= 15 is 0 Å². The first-order valence-corrected chi connectivity index (χ1v) is 7.33. The van der Waals surface area contributed by atoms with Crippen LogP contribution >= 0.6 is 0 Å². The van der Waals surface area contributed by atoms with Crippen LogP contribution in [-0.2, 0) is 4.79 Å². The summed E-state index contributed by atoms with van der Waals surface area (Å²) in [6, 6.07) is 0. The van der Waals surface area contributed by atoms with Crippen LogP contribution in [0.3, 0.4) is 0 Å². The Morgan fingerprint density at radius 3 is 1.50 bits per heavy atom. The van der Waals surface area contributed by atoms with E-state index in [9.17, 15) is 14.9 Å².